The lowest BCUT2D eigenvalue weighted by Crippen LogP contribution is -2.51. The number of hydrogen-bond donors (Lipinski definition) is 1. The summed E-state index contributed by atoms with van der Waals surface area (Å²) >= 11 is 0. The van der Waals surface area contributed by atoms with Crippen LogP contribution in [0.4, 0.5) is 4.79 Å². The average molecular weight is 241 g/mol. The van der Waals surface area contributed by atoms with Crippen molar-refractivity contribution in [2.75, 3.05) is 13.1 Å². The van der Waals surface area contributed by atoms with E-state index in [0.717, 1.165) is 32.4 Å². The Labute approximate surface area is 103 Å². The fourth-order valence-corrected chi connectivity index (χ4v) is 3.27. The number of hydrogen-bond acceptors (Lipinski definition) is 3. The number of carbonyl (C=O) groups excluding carboxylic acids is 1. The standard InChI is InChI=1S/C13H23NO3/c1-11(2,3)17-10(15)14-6-5-13(9-14)7-12(4,16)8-13/h16H,5-9H2,1-4H3. The van der Waals surface area contributed by atoms with Gasteiger partial charge in [0.25, 0.3) is 0 Å². The quantitative estimate of drug-likeness (QED) is 0.707. The minimum absolute atomic E-state index is 0.153. The van der Waals surface area contributed by atoms with Gasteiger partial charge in [0, 0.05) is 13.1 Å². The summed E-state index contributed by atoms with van der Waals surface area (Å²) in [5, 5.41) is 9.82. The van der Waals surface area contributed by atoms with E-state index in [-0.39, 0.29) is 11.5 Å². The summed E-state index contributed by atoms with van der Waals surface area (Å²) in [4.78, 5) is 13.7. The molecule has 1 aliphatic heterocycles. The van der Waals surface area contributed by atoms with E-state index in [2.05, 4.69) is 0 Å². The molecular formula is C13H23NO3. The highest BCUT2D eigenvalue weighted by molar-refractivity contribution is 5.68. The molecule has 2 rings (SSSR count). The summed E-state index contributed by atoms with van der Waals surface area (Å²) in [6.45, 7) is 9.00. The molecule has 1 N–H and O–H groups in total. The molecule has 0 radical (unpaired) electrons. The van der Waals surface area contributed by atoms with Crippen LogP contribution >= 0.6 is 0 Å². The SMILES string of the molecule is CC1(O)CC2(CCN(C(=O)OC(C)(C)C)C2)C1. The predicted molar refractivity (Wildman–Crippen MR) is 64.7 cm³/mol. The van der Waals surface area contributed by atoms with Crippen LogP contribution in [0.1, 0.15) is 47.0 Å². The zero-order valence-corrected chi connectivity index (χ0v) is 11.2. The van der Waals surface area contributed by atoms with Crippen LogP contribution < -0.4 is 0 Å². The van der Waals surface area contributed by atoms with Crippen molar-refractivity contribution in [3.63, 3.8) is 0 Å². The smallest absolute Gasteiger partial charge is 0.410 e. The van der Waals surface area contributed by atoms with Crippen molar-refractivity contribution in [2.24, 2.45) is 5.41 Å². The largest absolute Gasteiger partial charge is 0.444 e. The Bertz CT molecular complexity index is 322. The Balaban J connectivity index is 1.89. The van der Waals surface area contributed by atoms with Gasteiger partial charge in [-0.2, -0.15) is 0 Å². The zero-order valence-electron chi connectivity index (χ0n) is 11.2. The fourth-order valence-electron chi connectivity index (χ4n) is 3.27. The highest BCUT2D eigenvalue weighted by atomic mass is 16.6. The minimum Gasteiger partial charge on any atom is -0.444 e. The molecule has 4 heteroatoms. The molecule has 1 saturated heterocycles. The second-order valence-electron chi connectivity index (χ2n) is 7.00. The normalized spacial score (nSPS) is 37.1. The molecule has 0 aromatic heterocycles. The van der Waals surface area contributed by atoms with E-state index in [1.54, 1.807) is 4.90 Å². The fraction of sp³-hybridized carbons (Fsp3) is 0.923. The molecule has 0 aromatic carbocycles. The van der Waals surface area contributed by atoms with Crippen molar-refractivity contribution < 1.29 is 14.6 Å². The van der Waals surface area contributed by atoms with Crippen LogP contribution in [-0.4, -0.2) is 40.4 Å². The van der Waals surface area contributed by atoms with E-state index in [9.17, 15) is 9.90 Å². The van der Waals surface area contributed by atoms with Gasteiger partial charge in [0.05, 0.1) is 5.60 Å². The van der Waals surface area contributed by atoms with Crippen molar-refractivity contribution >= 4 is 6.09 Å². The molecule has 98 valence electrons. The molecule has 0 bridgehead atoms. The molecule has 2 aliphatic rings. The second kappa shape index (κ2) is 3.61. The molecule has 1 heterocycles. The first-order valence-corrected chi connectivity index (χ1v) is 6.31. The Morgan fingerprint density at radius 1 is 1.35 bits per heavy atom. The molecule has 2 fully saturated rings. The van der Waals surface area contributed by atoms with Crippen LogP contribution in [0, 0.1) is 5.41 Å². The Hall–Kier alpha value is -0.770. The van der Waals surface area contributed by atoms with Gasteiger partial charge >= 0.3 is 6.09 Å². The number of ether oxygens (including phenoxy) is 1. The van der Waals surface area contributed by atoms with Gasteiger partial charge in [-0.05, 0) is 52.4 Å². The second-order valence-corrected chi connectivity index (χ2v) is 7.00. The molecule has 1 spiro atoms. The van der Waals surface area contributed by atoms with E-state index < -0.39 is 11.2 Å². The van der Waals surface area contributed by atoms with Crippen LogP contribution in [-0.2, 0) is 4.74 Å². The lowest BCUT2D eigenvalue weighted by molar-refractivity contribution is -0.109. The summed E-state index contributed by atoms with van der Waals surface area (Å²) in [6.07, 6.45) is 2.38. The van der Waals surface area contributed by atoms with E-state index in [4.69, 9.17) is 4.74 Å². The van der Waals surface area contributed by atoms with Crippen molar-refractivity contribution in [1.82, 2.24) is 4.90 Å². The van der Waals surface area contributed by atoms with E-state index >= 15 is 0 Å². The van der Waals surface area contributed by atoms with Gasteiger partial charge in [-0.3, -0.25) is 0 Å². The number of likely N-dealkylation sites (tertiary alicyclic amines) is 1. The molecule has 0 unspecified atom stereocenters. The van der Waals surface area contributed by atoms with Crippen molar-refractivity contribution in [3.05, 3.63) is 0 Å². The van der Waals surface area contributed by atoms with Gasteiger partial charge in [-0.1, -0.05) is 0 Å². The van der Waals surface area contributed by atoms with E-state index in [0.29, 0.717) is 0 Å². The summed E-state index contributed by atoms with van der Waals surface area (Å²) in [7, 11) is 0. The summed E-state index contributed by atoms with van der Waals surface area (Å²) < 4.78 is 5.36. The number of aliphatic hydroxyl groups is 1. The van der Waals surface area contributed by atoms with Gasteiger partial charge in [-0.25, -0.2) is 4.79 Å². The van der Waals surface area contributed by atoms with Gasteiger partial charge in [-0.15, -0.1) is 0 Å². The van der Waals surface area contributed by atoms with Gasteiger partial charge in [0.1, 0.15) is 5.60 Å². The molecule has 1 saturated carbocycles. The monoisotopic (exact) mass is 241 g/mol. The summed E-state index contributed by atoms with van der Waals surface area (Å²) in [5.74, 6) is 0. The van der Waals surface area contributed by atoms with Crippen molar-refractivity contribution in [3.8, 4) is 0 Å². The van der Waals surface area contributed by atoms with Crippen LogP contribution in [0.3, 0.4) is 0 Å². The molecule has 4 nitrogen and oxygen atoms in total. The number of amides is 1. The first kappa shape index (κ1) is 12.7. The predicted octanol–water partition coefficient (Wildman–Crippen LogP) is 2.16. The first-order chi connectivity index (χ1) is 7.61. The average Bonchev–Trinajstić information content (AvgIpc) is 2.43. The number of rotatable bonds is 0. The van der Waals surface area contributed by atoms with E-state index in [1.165, 1.54) is 0 Å². The Morgan fingerprint density at radius 3 is 2.41 bits per heavy atom. The maximum atomic E-state index is 11.9. The number of nitrogens with zero attached hydrogens (tertiary/aromatic N) is 1. The molecule has 1 amide bonds. The van der Waals surface area contributed by atoms with Crippen molar-refractivity contribution in [2.45, 2.75) is 58.2 Å². The Kier molecular flexibility index (Phi) is 2.69. The van der Waals surface area contributed by atoms with Gasteiger partial charge in [0.2, 0.25) is 0 Å². The molecule has 0 atom stereocenters. The zero-order chi connectivity index (χ0) is 12.9. The maximum absolute atomic E-state index is 11.9. The van der Waals surface area contributed by atoms with Crippen LogP contribution in [0.25, 0.3) is 0 Å². The van der Waals surface area contributed by atoms with Gasteiger partial charge in [0.15, 0.2) is 0 Å². The highest BCUT2D eigenvalue weighted by Crippen LogP contribution is 2.53. The summed E-state index contributed by atoms with van der Waals surface area (Å²) in [6, 6.07) is 0. The summed E-state index contributed by atoms with van der Waals surface area (Å²) in [5.41, 5.74) is -0.803. The minimum atomic E-state index is -0.524. The third kappa shape index (κ3) is 2.73. The van der Waals surface area contributed by atoms with Crippen LogP contribution in [0.2, 0.25) is 0 Å². The lowest BCUT2D eigenvalue weighted by Gasteiger charge is -2.49. The third-order valence-electron chi connectivity index (χ3n) is 3.60. The Morgan fingerprint density at radius 2 is 1.94 bits per heavy atom. The molecular weight excluding hydrogens is 218 g/mol. The van der Waals surface area contributed by atoms with E-state index in [1.807, 2.05) is 27.7 Å². The van der Waals surface area contributed by atoms with Crippen LogP contribution in [0.5, 0.6) is 0 Å². The highest BCUT2D eigenvalue weighted by Gasteiger charge is 2.54. The third-order valence-corrected chi connectivity index (χ3v) is 3.60. The molecule has 1 aliphatic carbocycles. The van der Waals surface area contributed by atoms with Crippen molar-refractivity contribution in [1.29, 1.82) is 0 Å². The molecule has 0 aromatic rings. The van der Waals surface area contributed by atoms with Gasteiger partial charge < -0.3 is 14.7 Å². The lowest BCUT2D eigenvalue weighted by atomic mass is 9.59. The molecule has 17 heavy (non-hydrogen) atoms. The topological polar surface area (TPSA) is 49.8 Å². The van der Waals surface area contributed by atoms with Crippen LogP contribution in [0.15, 0.2) is 0 Å². The maximum Gasteiger partial charge on any atom is 0.410 e. The number of carbonyl (C=O) groups is 1. The first-order valence-electron chi connectivity index (χ1n) is 6.31.